The fourth-order valence-corrected chi connectivity index (χ4v) is 4.41. The SMILES string of the molecule is c1coc(CCNC(=NCC2CCCO2)N2CCC(OCC3CCCCO3)CC2)c1. The molecule has 2 atom stereocenters. The highest BCUT2D eigenvalue weighted by Crippen LogP contribution is 2.18. The van der Waals surface area contributed by atoms with Crippen molar-refractivity contribution in [2.24, 2.45) is 4.99 Å². The first-order valence-electron chi connectivity index (χ1n) is 11.8. The first-order valence-corrected chi connectivity index (χ1v) is 11.8. The molecule has 0 bridgehead atoms. The zero-order valence-corrected chi connectivity index (χ0v) is 18.1. The summed E-state index contributed by atoms with van der Waals surface area (Å²) in [6.45, 7) is 5.98. The number of furan rings is 1. The van der Waals surface area contributed by atoms with Crippen LogP contribution in [-0.2, 0) is 20.6 Å². The summed E-state index contributed by atoms with van der Waals surface area (Å²) in [5, 5.41) is 3.55. The predicted molar refractivity (Wildman–Crippen MR) is 116 cm³/mol. The number of nitrogens with zero attached hydrogens (tertiary/aromatic N) is 2. The van der Waals surface area contributed by atoms with E-state index in [4.69, 9.17) is 23.6 Å². The van der Waals surface area contributed by atoms with Crippen LogP contribution in [0.3, 0.4) is 0 Å². The van der Waals surface area contributed by atoms with Crippen LogP contribution in [0.1, 0.15) is 50.7 Å². The number of guanidine groups is 1. The summed E-state index contributed by atoms with van der Waals surface area (Å²) in [5.41, 5.74) is 0. The maximum absolute atomic E-state index is 6.18. The second-order valence-electron chi connectivity index (χ2n) is 8.56. The number of aliphatic imine (C=N–C) groups is 1. The van der Waals surface area contributed by atoms with E-state index in [1.165, 1.54) is 12.8 Å². The van der Waals surface area contributed by atoms with E-state index >= 15 is 0 Å². The minimum absolute atomic E-state index is 0.267. The van der Waals surface area contributed by atoms with E-state index in [1.807, 2.05) is 12.1 Å². The topological polar surface area (TPSA) is 68.5 Å². The Morgan fingerprint density at radius 3 is 2.63 bits per heavy atom. The Morgan fingerprint density at radius 1 is 1.07 bits per heavy atom. The molecule has 3 fully saturated rings. The normalized spacial score (nSPS) is 26.3. The summed E-state index contributed by atoms with van der Waals surface area (Å²) >= 11 is 0. The van der Waals surface area contributed by atoms with Gasteiger partial charge in [-0.05, 0) is 57.1 Å². The Labute approximate surface area is 180 Å². The summed E-state index contributed by atoms with van der Waals surface area (Å²) < 4.78 is 23.2. The van der Waals surface area contributed by atoms with Crippen molar-refractivity contribution in [3.8, 4) is 0 Å². The van der Waals surface area contributed by atoms with Crippen molar-refractivity contribution in [2.45, 2.75) is 69.7 Å². The third-order valence-electron chi connectivity index (χ3n) is 6.24. The molecule has 0 radical (unpaired) electrons. The maximum atomic E-state index is 6.18. The third kappa shape index (κ3) is 6.72. The number of rotatable bonds is 8. The van der Waals surface area contributed by atoms with Crippen LogP contribution in [-0.4, -0.2) is 75.2 Å². The van der Waals surface area contributed by atoms with E-state index in [-0.39, 0.29) is 6.10 Å². The van der Waals surface area contributed by atoms with Crippen molar-refractivity contribution in [2.75, 3.05) is 46.0 Å². The van der Waals surface area contributed by atoms with Gasteiger partial charge in [-0.3, -0.25) is 4.99 Å². The maximum Gasteiger partial charge on any atom is 0.194 e. The third-order valence-corrected chi connectivity index (χ3v) is 6.24. The average molecular weight is 420 g/mol. The molecule has 1 aromatic heterocycles. The number of hydrogen-bond donors (Lipinski definition) is 1. The van der Waals surface area contributed by atoms with E-state index in [2.05, 4.69) is 10.2 Å². The molecule has 0 spiro atoms. The standard InChI is InChI=1S/C23H37N3O4/c1-2-14-29-22(5-1)18-30-20-9-12-26(13-10-20)23(25-17-21-7-4-16-28-21)24-11-8-19-6-3-15-27-19/h3,6,15,20-22H,1-2,4-5,7-14,16-18H2,(H,24,25). The summed E-state index contributed by atoms with van der Waals surface area (Å²) in [6, 6.07) is 3.95. The quantitative estimate of drug-likeness (QED) is 0.516. The Bertz CT molecular complexity index is 616. The molecule has 0 aromatic carbocycles. The van der Waals surface area contributed by atoms with E-state index in [1.54, 1.807) is 6.26 Å². The molecule has 1 aromatic rings. The van der Waals surface area contributed by atoms with Gasteiger partial charge >= 0.3 is 0 Å². The van der Waals surface area contributed by atoms with Gasteiger partial charge in [0.2, 0.25) is 0 Å². The Hall–Kier alpha value is -1.57. The van der Waals surface area contributed by atoms with Gasteiger partial charge in [-0.2, -0.15) is 0 Å². The van der Waals surface area contributed by atoms with Crippen LogP contribution in [0.5, 0.6) is 0 Å². The highest BCUT2D eigenvalue weighted by molar-refractivity contribution is 5.80. The number of piperidine rings is 1. The monoisotopic (exact) mass is 419 g/mol. The van der Waals surface area contributed by atoms with Crippen molar-refractivity contribution >= 4 is 5.96 Å². The lowest BCUT2D eigenvalue weighted by atomic mass is 10.1. The van der Waals surface area contributed by atoms with E-state index in [0.717, 1.165) is 96.2 Å². The molecule has 168 valence electrons. The molecule has 7 nitrogen and oxygen atoms in total. The fourth-order valence-electron chi connectivity index (χ4n) is 4.41. The molecular weight excluding hydrogens is 382 g/mol. The first kappa shape index (κ1) is 21.7. The highest BCUT2D eigenvalue weighted by atomic mass is 16.5. The lowest BCUT2D eigenvalue weighted by Gasteiger charge is -2.35. The van der Waals surface area contributed by atoms with E-state index in [9.17, 15) is 0 Å². The number of likely N-dealkylation sites (tertiary alicyclic amines) is 1. The summed E-state index contributed by atoms with van der Waals surface area (Å²) in [6.07, 6.45) is 11.4. The highest BCUT2D eigenvalue weighted by Gasteiger charge is 2.24. The van der Waals surface area contributed by atoms with Gasteiger partial charge < -0.3 is 28.8 Å². The van der Waals surface area contributed by atoms with Crippen LogP contribution in [0.4, 0.5) is 0 Å². The summed E-state index contributed by atoms with van der Waals surface area (Å²) in [5.74, 6) is 1.99. The van der Waals surface area contributed by atoms with Gasteiger partial charge in [-0.15, -0.1) is 0 Å². The van der Waals surface area contributed by atoms with Gasteiger partial charge in [0.1, 0.15) is 5.76 Å². The van der Waals surface area contributed by atoms with Crippen molar-refractivity contribution < 1.29 is 18.6 Å². The number of ether oxygens (including phenoxy) is 3. The first-order chi connectivity index (χ1) is 14.9. The van der Waals surface area contributed by atoms with Crippen molar-refractivity contribution in [1.82, 2.24) is 10.2 Å². The van der Waals surface area contributed by atoms with Crippen molar-refractivity contribution in [3.05, 3.63) is 24.2 Å². The molecule has 4 rings (SSSR count). The average Bonchev–Trinajstić information content (AvgIpc) is 3.50. The summed E-state index contributed by atoms with van der Waals surface area (Å²) in [7, 11) is 0. The lowest BCUT2D eigenvalue weighted by Crippen LogP contribution is -2.48. The molecule has 7 heteroatoms. The fraction of sp³-hybridized carbons (Fsp3) is 0.783. The summed E-state index contributed by atoms with van der Waals surface area (Å²) in [4.78, 5) is 7.28. The molecule has 30 heavy (non-hydrogen) atoms. The second-order valence-corrected chi connectivity index (χ2v) is 8.56. The van der Waals surface area contributed by atoms with Crippen LogP contribution in [0.2, 0.25) is 0 Å². The molecule has 1 N–H and O–H groups in total. The largest absolute Gasteiger partial charge is 0.469 e. The van der Waals surface area contributed by atoms with Crippen LogP contribution >= 0.6 is 0 Å². The van der Waals surface area contributed by atoms with Crippen LogP contribution in [0, 0.1) is 0 Å². The molecule has 0 saturated carbocycles. The second kappa shape index (κ2) is 11.7. The van der Waals surface area contributed by atoms with Crippen molar-refractivity contribution in [3.63, 3.8) is 0 Å². The molecule has 3 aliphatic heterocycles. The lowest BCUT2D eigenvalue weighted by molar-refractivity contribution is -0.0721. The van der Waals surface area contributed by atoms with Crippen LogP contribution in [0.15, 0.2) is 27.8 Å². The molecule has 4 heterocycles. The predicted octanol–water partition coefficient (Wildman–Crippen LogP) is 3.00. The minimum Gasteiger partial charge on any atom is -0.469 e. The Morgan fingerprint density at radius 2 is 1.90 bits per heavy atom. The van der Waals surface area contributed by atoms with Crippen LogP contribution < -0.4 is 5.32 Å². The van der Waals surface area contributed by atoms with E-state index < -0.39 is 0 Å². The molecule has 0 amide bonds. The van der Waals surface area contributed by atoms with Gasteiger partial charge in [-0.25, -0.2) is 0 Å². The van der Waals surface area contributed by atoms with Gasteiger partial charge in [-0.1, -0.05) is 0 Å². The Kier molecular flexibility index (Phi) is 8.46. The zero-order chi connectivity index (χ0) is 20.4. The molecule has 0 aliphatic carbocycles. The molecule has 2 unspecified atom stereocenters. The minimum atomic E-state index is 0.267. The van der Waals surface area contributed by atoms with Gasteiger partial charge in [0.15, 0.2) is 5.96 Å². The number of hydrogen-bond acceptors (Lipinski definition) is 5. The van der Waals surface area contributed by atoms with Crippen molar-refractivity contribution in [1.29, 1.82) is 0 Å². The molecule has 3 saturated heterocycles. The Balaban J connectivity index is 1.24. The van der Waals surface area contributed by atoms with Gasteiger partial charge in [0.25, 0.3) is 0 Å². The number of nitrogens with one attached hydrogen (secondary N) is 1. The molecular formula is C23H37N3O4. The smallest absolute Gasteiger partial charge is 0.194 e. The van der Waals surface area contributed by atoms with Gasteiger partial charge in [0, 0.05) is 39.3 Å². The zero-order valence-electron chi connectivity index (χ0n) is 18.1. The van der Waals surface area contributed by atoms with Crippen LogP contribution in [0.25, 0.3) is 0 Å². The van der Waals surface area contributed by atoms with E-state index in [0.29, 0.717) is 12.2 Å². The molecule has 3 aliphatic rings. The van der Waals surface area contributed by atoms with Gasteiger partial charge in [0.05, 0.1) is 37.7 Å².